The van der Waals surface area contributed by atoms with Gasteiger partial charge < -0.3 is 13.8 Å². The van der Waals surface area contributed by atoms with Gasteiger partial charge in [0.05, 0.1) is 41.1 Å². The zero-order valence-corrected chi connectivity index (χ0v) is 21.8. The second kappa shape index (κ2) is 9.89. The maximum absolute atomic E-state index is 12.0. The van der Waals surface area contributed by atoms with Gasteiger partial charge in [0, 0.05) is 35.3 Å². The molecule has 7 nitrogen and oxygen atoms in total. The first-order valence-electron chi connectivity index (χ1n) is 13.1. The third-order valence-corrected chi connectivity index (χ3v) is 7.74. The largest absolute Gasteiger partial charge is 0.465 e. The first-order chi connectivity index (χ1) is 18.5. The zero-order valence-electron chi connectivity index (χ0n) is 21.8. The fourth-order valence-corrected chi connectivity index (χ4v) is 5.94. The Morgan fingerprint density at radius 3 is 2.50 bits per heavy atom. The predicted octanol–water partition coefficient (Wildman–Crippen LogP) is 6.94. The quantitative estimate of drug-likeness (QED) is 0.232. The van der Waals surface area contributed by atoms with Crippen LogP contribution in [0.1, 0.15) is 59.2 Å². The third-order valence-electron chi connectivity index (χ3n) is 7.74. The van der Waals surface area contributed by atoms with Crippen LogP contribution >= 0.6 is 0 Å². The van der Waals surface area contributed by atoms with E-state index in [-0.39, 0.29) is 12.0 Å². The van der Waals surface area contributed by atoms with Crippen molar-refractivity contribution in [1.82, 2.24) is 19.7 Å². The van der Waals surface area contributed by atoms with Crippen LogP contribution in [0.4, 0.5) is 0 Å². The van der Waals surface area contributed by atoms with E-state index in [0.29, 0.717) is 11.5 Å². The Balaban J connectivity index is 1.58. The summed E-state index contributed by atoms with van der Waals surface area (Å²) in [5.41, 5.74) is 8.33. The van der Waals surface area contributed by atoms with Gasteiger partial charge in [0.25, 0.3) is 0 Å². The number of ether oxygens (including phenoxy) is 1. The number of nitrogens with zero attached hydrogens (tertiary/aromatic N) is 4. The molecule has 0 aliphatic heterocycles. The van der Waals surface area contributed by atoms with Crippen LogP contribution in [0.15, 0.2) is 71.6 Å². The predicted molar refractivity (Wildman–Crippen MR) is 146 cm³/mol. The fraction of sp³-hybridized carbons (Fsp3) is 0.290. The van der Waals surface area contributed by atoms with E-state index in [2.05, 4.69) is 34.1 Å². The summed E-state index contributed by atoms with van der Waals surface area (Å²) in [6, 6.07) is 16.0. The van der Waals surface area contributed by atoms with E-state index in [4.69, 9.17) is 19.2 Å². The number of methoxy groups -OCH3 is 1. The molecule has 38 heavy (non-hydrogen) atoms. The van der Waals surface area contributed by atoms with Crippen molar-refractivity contribution in [1.29, 1.82) is 0 Å². The molecule has 1 fully saturated rings. The van der Waals surface area contributed by atoms with E-state index in [0.717, 1.165) is 50.4 Å². The van der Waals surface area contributed by atoms with E-state index in [9.17, 15) is 4.79 Å². The molecule has 1 aliphatic rings. The van der Waals surface area contributed by atoms with Gasteiger partial charge in [-0.2, -0.15) is 0 Å². The van der Waals surface area contributed by atoms with Crippen molar-refractivity contribution in [2.75, 3.05) is 7.11 Å². The summed E-state index contributed by atoms with van der Waals surface area (Å²) in [6.07, 6.45) is 10.8. The highest BCUT2D eigenvalue weighted by Gasteiger charge is 2.31. The lowest BCUT2D eigenvalue weighted by molar-refractivity contribution is 0.0600. The summed E-state index contributed by atoms with van der Waals surface area (Å²) < 4.78 is 12.7. The molecule has 5 aromatic rings. The average Bonchev–Trinajstić information content (AvgIpc) is 3.69. The Morgan fingerprint density at radius 1 is 1.05 bits per heavy atom. The topological polar surface area (TPSA) is 83.0 Å². The molecular weight excluding hydrogens is 476 g/mol. The Kier molecular flexibility index (Phi) is 6.27. The lowest BCUT2D eigenvalue weighted by Crippen LogP contribution is -2.19. The highest BCUT2D eigenvalue weighted by Crippen LogP contribution is 2.42. The van der Waals surface area contributed by atoms with E-state index in [1.165, 1.54) is 32.8 Å². The van der Waals surface area contributed by atoms with Crippen molar-refractivity contribution in [2.45, 2.75) is 45.6 Å². The Hall–Kier alpha value is -4.26. The van der Waals surface area contributed by atoms with Gasteiger partial charge in [-0.1, -0.05) is 36.2 Å². The molecule has 192 valence electrons. The molecule has 0 radical (unpaired) electrons. The third kappa shape index (κ3) is 4.18. The summed E-state index contributed by atoms with van der Waals surface area (Å²) >= 11 is 0. The van der Waals surface area contributed by atoms with E-state index < -0.39 is 0 Å². The van der Waals surface area contributed by atoms with Crippen LogP contribution in [0.3, 0.4) is 0 Å². The number of pyridine rings is 2. The monoisotopic (exact) mass is 506 g/mol. The van der Waals surface area contributed by atoms with Crippen LogP contribution in [-0.2, 0) is 4.74 Å². The van der Waals surface area contributed by atoms with Gasteiger partial charge in [0.15, 0.2) is 0 Å². The highest BCUT2D eigenvalue weighted by molar-refractivity contribution is 5.96. The molecule has 1 aromatic carbocycles. The minimum absolute atomic E-state index is 0.0889. The molecule has 1 atom stereocenters. The maximum Gasteiger partial charge on any atom is 0.337 e. The molecular formula is C31H30N4O3. The smallest absolute Gasteiger partial charge is 0.337 e. The SMILES string of the molecule is COC(=O)c1ccc(-c2cn(C(c3ccccn3)C3CCCC3)c3cc(-c4c(C)noc4C)cnc23)cc1. The van der Waals surface area contributed by atoms with Crippen LogP contribution in [0.25, 0.3) is 33.3 Å². The Morgan fingerprint density at radius 2 is 1.84 bits per heavy atom. The van der Waals surface area contributed by atoms with Crippen molar-refractivity contribution in [3.05, 3.63) is 89.8 Å². The molecule has 0 saturated heterocycles. The molecule has 0 spiro atoms. The molecule has 4 heterocycles. The molecule has 1 saturated carbocycles. The standard InChI is InChI=1S/C31H30N4O3/c1-19-28(20(2)38-34-19)24-16-27-29(33-17-24)25(21-11-13-23(14-12-21)31(36)37-3)18-35(27)30(22-8-4-5-9-22)26-10-6-7-15-32-26/h6-7,10-18,22,30H,4-5,8-9H2,1-3H3. The van der Waals surface area contributed by atoms with E-state index >= 15 is 0 Å². The second-order valence-electron chi connectivity index (χ2n) is 10.1. The van der Waals surface area contributed by atoms with E-state index in [1.807, 2.05) is 44.4 Å². The Bertz CT molecular complexity index is 1580. The Labute approximate surface area is 221 Å². The van der Waals surface area contributed by atoms with Gasteiger partial charge in [-0.3, -0.25) is 9.97 Å². The second-order valence-corrected chi connectivity index (χ2v) is 10.1. The molecule has 1 unspecified atom stereocenters. The van der Waals surface area contributed by atoms with Crippen LogP contribution in [-0.4, -0.2) is 32.8 Å². The van der Waals surface area contributed by atoms with Crippen LogP contribution < -0.4 is 0 Å². The number of carbonyl (C=O) groups excluding carboxylic acids is 1. The van der Waals surface area contributed by atoms with Crippen LogP contribution in [0.5, 0.6) is 0 Å². The zero-order chi connectivity index (χ0) is 26.2. The van der Waals surface area contributed by atoms with Gasteiger partial charge in [-0.15, -0.1) is 0 Å². The van der Waals surface area contributed by atoms with Crippen molar-refractivity contribution in [2.24, 2.45) is 5.92 Å². The number of fused-ring (bicyclic) bond motifs is 1. The number of aryl methyl sites for hydroxylation is 2. The maximum atomic E-state index is 12.0. The van der Waals surface area contributed by atoms with Crippen molar-refractivity contribution in [3.8, 4) is 22.3 Å². The molecule has 4 aromatic heterocycles. The first kappa shape index (κ1) is 24.1. The number of rotatable bonds is 6. The first-order valence-corrected chi connectivity index (χ1v) is 13.1. The van der Waals surface area contributed by atoms with Gasteiger partial charge in [0.2, 0.25) is 0 Å². The summed E-state index contributed by atoms with van der Waals surface area (Å²) in [6.45, 7) is 3.89. The van der Waals surface area contributed by atoms with Crippen molar-refractivity contribution < 1.29 is 14.1 Å². The van der Waals surface area contributed by atoms with Gasteiger partial charge in [0.1, 0.15) is 5.76 Å². The number of aromatic nitrogens is 4. The number of benzene rings is 1. The normalized spacial score (nSPS) is 14.7. The van der Waals surface area contributed by atoms with Crippen molar-refractivity contribution >= 4 is 17.0 Å². The molecule has 0 amide bonds. The fourth-order valence-electron chi connectivity index (χ4n) is 5.94. The number of hydrogen-bond acceptors (Lipinski definition) is 6. The minimum atomic E-state index is -0.349. The summed E-state index contributed by atoms with van der Waals surface area (Å²) in [5, 5.41) is 4.17. The number of hydrogen-bond donors (Lipinski definition) is 0. The van der Waals surface area contributed by atoms with E-state index in [1.54, 1.807) is 12.1 Å². The summed E-state index contributed by atoms with van der Waals surface area (Å²) in [5.74, 6) is 0.910. The summed E-state index contributed by atoms with van der Waals surface area (Å²) in [7, 11) is 1.39. The highest BCUT2D eigenvalue weighted by atomic mass is 16.5. The average molecular weight is 507 g/mol. The lowest BCUT2D eigenvalue weighted by atomic mass is 9.94. The summed E-state index contributed by atoms with van der Waals surface area (Å²) in [4.78, 5) is 21.8. The molecule has 0 N–H and O–H groups in total. The van der Waals surface area contributed by atoms with Gasteiger partial charge in [-0.05, 0) is 68.5 Å². The molecule has 6 rings (SSSR count). The van der Waals surface area contributed by atoms with Gasteiger partial charge in [-0.25, -0.2) is 4.79 Å². The molecule has 7 heteroatoms. The molecule has 1 aliphatic carbocycles. The lowest BCUT2D eigenvalue weighted by Gasteiger charge is -2.26. The van der Waals surface area contributed by atoms with Crippen molar-refractivity contribution in [3.63, 3.8) is 0 Å². The van der Waals surface area contributed by atoms with Crippen LogP contribution in [0, 0.1) is 19.8 Å². The number of carbonyl (C=O) groups is 1. The van der Waals surface area contributed by atoms with Gasteiger partial charge >= 0.3 is 5.97 Å². The van der Waals surface area contributed by atoms with Crippen LogP contribution in [0.2, 0.25) is 0 Å². The minimum Gasteiger partial charge on any atom is -0.465 e. The molecule has 0 bridgehead atoms. The number of esters is 1.